The van der Waals surface area contributed by atoms with Crippen molar-refractivity contribution < 1.29 is 0 Å². The molecule has 0 unspecified atom stereocenters. The Morgan fingerprint density at radius 2 is 1.12 bits per heavy atom. The van der Waals surface area contributed by atoms with Crippen molar-refractivity contribution >= 4 is 95.7 Å². The minimum Gasteiger partial charge on any atom is -0.278 e. The Labute approximate surface area is 253 Å². The highest BCUT2D eigenvalue weighted by molar-refractivity contribution is 7.27. The molecular formula is C38H21N3S2. The van der Waals surface area contributed by atoms with Crippen LogP contribution in [0.4, 0.5) is 0 Å². The Kier molecular flexibility index (Phi) is 4.75. The molecule has 4 aromatic heterocycles. The zero-order valence-corrected chi connectivity index (χ0v) is 24.4. The quantitative estimate of drug-likeness (QED) is 0.203. The summed E-state index contributed by atoms with van der Waals surface area (Å²) in [5.41, 5.74) is 5.23. The number of hydrogen-bond donors (Lipinski definition) is 0. The molecule has 0 aliphatic rings. The van der Waals surface area contributed by atoms with Gasteiger partial charge in [0.15, 0.2) is 0 Å². The minimum atomic E-state index is 0.692. The van der Waals surface area contributed by atoms with Gasteiger partial charge in [0.25, 0.3) is 0 Å². The van der Waals surface area contributed by atoms with Gasteiger partial charge in [0.2, 0.25) is 5.95 Å². The second-order valence-corrected chi connectivity index (χ2v) is 13.1. The van der Waals surface area contributed by atoms with Crippen LogP contribution in [0, 0.1) is 0 Å². The molecule has 6 aromatic carbocycles. The van der Waals surface area contributed by atoms with Gasteiger partial charge >= 0.3 is 0 Å². The lowest BCUT2D eigenvalue weighted by Crippen LogP contribution is -2.03. The predicted octanol–water partition coefficient (Wildman–Crippen LogP) is 11.1. The van der Waals surface area contributed by atoms with Gasteiger partial charge in [-0.1, -0.05) is 91.0 Å². The first-order valence-corrected chi connectivity index (χ1v) is 16.0. The van der Waals surface area contributed by atoms with Crippen LogP contribution >= 0.6 is 22.7 Å². The van der Waals surface area contributed by atoms with Gasteiger partial charge in [0, 0.05) is 62.1 Å². The van der Waals surface area contributed by atoms with Crippen molar-refractivity contribution in [3.63, 3.8) is 0 Å². The maximum Gasteiger partial charge on any atom is 0.235 e. The maximum absolute atomic E-state index is 5.32. The number of benzene rings is 6. The summed E-state index contributed by atoms with van der Waals surface area (Å²) in [4.78, 5) is 10.5. The molecule has 0 amide bonds. The molecule has 0 N–H and O–H groups in total. The molecule has 3 nitrogen and oxygen atoms in total. The molecule has 0 aliphatic heterocycles. The molecule has 0 bridgehead atoms. The zero-order valence-electron chi connectivity index (χ0n) is 22.8. The van der Waals surface area contributed by atoms with E-state index in [0.29, 0.717) is 5.95 Å². The molecule has 10 rings (SSSR count). The predicted molar refractivity (Wildman–Crippen MR) is 185 cm³/mol. The number of hydrogen-bond acceptors (Lipinski definition) is 4. The van der Waals surface area contributed by atoms with Gasteiger partial charge in [-0.15, -0.1) is 22.7 Å². The van der Waals surface area contributed by atoms with E-state index in [-0.39, 0.29) is 0 Å². The largest absolute Gasteiger partial charge is 0.278 e. The Morgan fingerprint density at radius 1 is 0.442 bits per heavy atom. The Hall–Kier alpha value is -5.10. The average molecular weight is 584 g/mol. The topological polar surface area (TPSA) is 30.7 Å². The first kappa shape index (κ1) is 23.5. The summed E-state index contributed by atoms with van der Waals surface area (Å²) in [6, 6.07) is 45.4. The van der Waals surface area contributed by atoms with Crippen LogP contribution in [0.25, 0.3) is 90.3 Å². The highest BCUT2D eigenvalue weighted by Crippen LogP contribution is 2.48. The van der Waals surface area contributed by atoms with Gasteiger partial charge in [-0.25, -0.2) is 9.97 Å². The molecule has 10 aromatic rings. The van der Waals surface area contributed by atoms with Gasteiger partial charge in [-0.2, -0.15) is 0 Å². The standard InChI is InChI=1S/C38H21N3S2/c1-2-10-22(11-3-1)36-25-13-4-7-15-27(25)39-38(40-36)41-28-20-21-32-33(26-14-6-9-17-31(26)42-32)34(28)35-29(41)19-18-24-23-12-5-8-16-30(23)43-37(24)35/h1-21H. The van der Waals surface area contributed by atoms with E-state index in [1.165, 1.54) is 51.1 Å². The zero-order chi connectivity index (χ0) is 28.1. The van der Waals surface area contributed by atoms with Crippen molar-refractivity contribution in [2.45, 2.75) is 0 Å². The van der Waals surface area contributed by atoms with E-state index >= 15 is 0 Å². The third-order valence-corrected chi connectivity index (χ3v) is 11.0. The first-order chi connectivity index (χ1) is 21.3. The molecule has 5 heteroatoms. The van der Waals surface area contributed by atoms with Crippen LogP contribution in [0.5, 0.6) is 0 Å². The number of fused-ring (bicyclic) bond motifs is 12. The van der Waals surface area contributed by atoms with Crippen LogP contribution in [0.15, 0.2) is 127 Å². The van der Waals surface area contributed by atoms with Gasteiger partial charge in [0.1, 0.15) is 0 Å². The summed E-state index contributed by atoms with van der Waals surface area (Å²) in [7, 11) is 0. The maximum atomic E-state index is 5.32. The third-order valence-electron chi connectivity index (χ3n) is 8.62. The lowest BCUT2D eigenvalue weighted by Gasteiger charge is -2.11. The second-order valence-electron chi connectivity index (χ2n) is 11.0. The number of thiophene rings is 2. The molecular weight excluding hydrogens is 563 g/mol. The molecule has 4 heterocycles. The Morgan fingerprint density at radius 3 is 1.98 bits per heavy atom. The van der Waals surface area contributed by atoms with Crippen LogP contribution in [-0.2, 0) is 0 Å². The molecule has 0 saturated heterocycles. The summed E-state index contributed by atoms with van der Waals surface area (Å²) in [6.07, 6.45) is 0. The fourth-order valence-corrected chi connectivity index (χ4v) is 9.14. The van der Waals surface area contributed by atoms with Crippen molar-refractivity contribution in [2.75, 3.05) is 0 Å². The summed E-state index contributed by atoms with van der Waals surface area (Å²) < 4.78 is 7.52. The molecule has 0 saturated carbocycles. The van der Waals surface area contributed by atoms with Crippen molar-refractivity contribution in [3.8, 4) is 17.2 Å². The minimum absolute atomic E-state index is 0.692. The lowest BCUT2D eigenvalue weighted by molar-refractivity contribution is 1.01. The van der Waals surface area contributed by atoms with Crippen LogP contribution < -0.4 is 0 Å². The van der Waals surface area contributed by atoms with Crippen LogP contribution in [-0.4, -0.2) is 14.5 Å². The number of aromatic nitrogens is 3. The highest BCUT2D eigenvalue weighted by atomic mass is 32.1. The summed E-state index contributed by atoms with van der Waals surface area (Å²) in [5.74, 6) is 0.692. The van der Waals surface area contributed by atoms with Crippen LogP contribution in [0.2, 0.25) is 0 Å². The molecule has 0 fully saturated rings. The molecule has 0 radical (unpaired) electrons. The molecule has 0 atom stereocenters. The summed E-state index contributed by atoms with van der Waals surface area (Å²) in [5, 5.41) is 8.83. The fraction of sp³-hybridized carbons (Fsp3) is 0. The number of rotatable bonds is 2. The van der Waals surface area contributed by atoms with Crippen molar-refractivity contribution in [2.24, 2.45) is 0 Å². The van der Waals surface area contributed by atoms with E-state index in [9.17, 15) is 0 Å². The van der Waals surface area contributed by atoms with E-state index < -0.39 is 0 Å². The fourth-order valence-electron chi connectivity index (χ4n) is 6.78. The smallest absolute Gasteiger partial charge is 0.235 e. The van der Waals surface area contributed by atoms with E-state index in [0.717, 1.165) is 33.2 Å². The lowest BCUT2D eigenvalue weighted by atomic mass is 10.0. The SMILES string of the molecule is c1ccc(-c2nc(-n3c4ccc5c6ccccc6sc5c4c4c5c(ccc43)sc3ccccc35)nc3ccccc23)cc1. The van der Waals surface area contributed by atoms with Crippen LogP contribution in [0.3, 0.4) is 0 Å². The summed E-state index contributed by atoms with van der Waals surface area (Å²) in [6.45, 7) is 0. The third kappa shape index (κ3) is 3.23. The second kappa shape index (κ2) is 8.71. The van der Waals surface area contributed by atoms with Gasteiger partial charge in [-0.05, 0) is 36.4 Å². The van der Waals surface area contributed by atoms with E-state index in [1.54, 1.807) is 0 Å². The van der Waals surface area contributed by atoms with Crippen LogP contribution in [0.1, 0.15) is 0 Å². The average Bonchev–Trinajstić information content (AvgIpc) is 3.73. The first-order valence-electron chi connectivity index (χ1n) is 14.3. The van der Waals surface area contributed by atoms with E-state index in [4.69, 9.17) is 9.97 Å². The normalized spacial score (nSPS) is 12.2. The van der Waals surface area contributed by atoms with Crippen molar-refractivity contribution in [1.82, 2.24) is 14.5 Å². The van der Waals surface area contributed by atoms with Crippen molar-refractivity contribution in [1.29, 1.82) is 0 Å². The van der Waals surface area contributed by atoms with Crippen molar-refractivity contribution in [3.05, 3.63) is 127 Å². The number of para-hydroxylation sites is 1. The summed E-state index contributed by atoms with van der Waals surface area (Å²) >= 11 is 3.75. The molecule has 0 aliphatic carbocycles. The van der Waals surface area contributed by atoms with E-state index in [2.05, 4.69) is 126 Å². The Balaban J connectivity index is 1.43. The van der Waals surface area contributed by atoms with Gasteiger partial charge < -0.3 is 0 Å². The number of nitrogens with zero attached hydrogens (tertiary/aromatic N) is 3. The van der Waals surface area contributed by atoms with Gasteiger partial charge in [-0.3, -0.25) is 4.57 Å². The monoisotopic (exact) mass is 583 g/mol. The Bertz CT molecular complexity index is 2730. The van der Waals surface area contributed by atoms with Gasteiger partial charge in [0.05, 0.1) is 22.2 Å². The molecule has 200 valence electrons. The van der Waals surface area contributed by atoms with E-state index in [1.807, 2.05) is 28.7 Å². The molecule has 43 heavy (non-hydrogen) atoms. The molecule has 0 spiro atoms. The highest BCUT2D eigenvalue weighted by Gasteiger charge is 2.23.